The van der Waals surface area contributed by atoms with E-state index in [-0.39, 0.29) is 17.4 Å². The second kappa shape index (κ2) is 6.83. The van der Waals surface area contributed by atoms with E-state index in [1.807, 2.05) is 24.4 Å². The van der Waals surface area contributed by atoms with E-state index in [0.29, 0.717) is 19.0 Å². The maximum Gasteiger partial charge on any atom is 0.371 e. The van der Waals surface area contributed by atoms with E-state index >= 15 is 0 Å². The van der Waals surface area contributed by atoms with Gasteiger partial charge in [-0.3, -0.25) is 4.79 Å². The number of nitrogens with zero attached hydrogens (tertiary/aromatic N) is 1. The third kappa shape index (κ3) is 3.16. The highest BCUT2D eigenvalue weighted by Crippen LogP contribution is 2.35. The van der Waals surface area contributed by atoms with Crippen molar-refractivity contribution < 1.29 is 23.8 Å². The summed E-state index contributed by atoms with van der Waals surface area (Å²) in [5, 5.41) is 10.1. The Morgan fingerprint density at radius 3 is 2.59 bits per heavy atom. The summed E-state index contributed by atoms with van der Waals surface area (Å²) in [7, 11) is 1.65. The van der Waals surface area contributed by atoms with Crippen molar-refractivity contribution in [1.29, 1.82) is 0 Å². The molecular weight excluding hydrogens is 348 g/mol. The van der Waals surface area contributed by atoms with Crippen LogP contribution in [0.2, 0.25) is 0 Å². The molecule has 0 atom stereocenters. The molecule has 1 aliphatic rings. The summed E-state index contributed by atoms with van der Waals surface area (Å²) in [6.07, 6.45) is 3.71. The Kier molecular flexibility index (Phi) is 4.35. The number of benzene rings is 1. The number of fused-ring (bicyclic) bond motifs is 1. The number of carboxylic acids is 1. The molecule has 0 spiro atoms. The van der Waals surface area contributed by atoms with Gasteiger partial charge in [0.25, 0.3) is 5.91 Å². The zero-order chi connectivity index (χ0) is 19.0. The summed E-state index contributed by atoms with van der Waals surface area (Å²) in [5.41, 5.74) is 2.31. The number of aromatic amines is 1. The summed E-state index contributed by atoms with van der Waals surface area (Å²) in [6, 6.07) is 8.70. The number of carboxylic acid groups (broad SMARTS) is 1. The number of carbonyl (C=O) groups excluding carboxylic acids is 1. The van der Waals surface area contributed by atoms with Gasteiger partial charge in [0.2, 0.25) is 5.76 Å². The fourth-order valence-electron chi connectivity index (χ4n) is 3.70. The van der Waals surface area contributed by atoms with Crippen molar-refractivity contribution >= 4 is 22.8 Å². The minimum absolute atomic E-state index is 0.0719. The summed E-state index contributed by atoms with van der Waals surface area (Å²) in [4.78, 5) is 28.5. The van der Waals surface area contributed by atoms with Crippen LogP contribution in [0.25, 0.3) is 10.9 Å². The molecule has 2 N–H and O–H groups in total. The number of hydrogen-bond donors (Lipinski definition) is 2. The van der Waals surface area contributed by atoms with Crippen LogP contribution in [0.3, 0.4) is 0 Å². The van der Waals surface area contributed by atoms with Crippen LogP contribution in [0, 0.1) is 0 Å². The summed E-state index contributed by atoms with van der Waals surface area (Å²) in [6.45, 7) is 1.20. The van der Waals surface area contributed by atoms with E-state index in [0.717, 1.165) is 29.5 Å². The molecule has 27 heavy (non-hydrogen) atoms. The number of carbonyl (C=O) groups is 2. The van der Waals surface area contributed by atoms with E-state index in [1.54, 1.807) is 12.0 Å². The average molecular weight is 368 g/mol. The average Bonchev–Trinajstić information content (AvgIpc) is 3.34. The van der Waals surface area contributed by atoms with E-state index in [9.17, 15) is 9.59 Å². The first-order chi connectivity index (χ1) is 13.1. The van der Waals surface area contributed by atoms with Crippen molar-refractivity contribution in [2.45, 2.75) is 18.8 Å². The standard InChI is InChI=1S/C20H20N2O5/c1-26-13-2-3-16-14(10-13)15(11-21-16)12-6-8-22(9-7-12)19(23)17-4-5-18(27-17)20(24)25/h2-5,10-12,21H,6-9H2,1H3,(H,24,25). The maximum atomic E-state index is 12.5. The number of aromatic nitrogens is 1. The minimum Gasteiger partial charge on any atom is -0.497 e. The van der Waals surface area contributed by atoms with E-state index in [2.05, 4.69) is 4.98 Å². The largest absolute Gasteiger partial charge is 0.497 e. The number of methoxy groups -OCH3 is 1. The SMILES string of the molecule is COc1ccc2[nH]cc(C3CCN(C(=O)c4ccc(C(=O)O)o4)CC3)c2c1. The third-order valence-electron chi connectivity index (χ3n) is 5.17. The second-order valence-electron chi connectivity index (χ2n) is 6.69. The van der Waals surface area contributed by atoms with E-state index in [1.165, 1.54) is 17.7 Å². The van der Waals surface area contributed by atoms with Gasteiger partial charge in [-0.25, -0.2) is 4.79 Å². The number of amides is 1. The molecule has 0 bridgehead atoms. The molecule has 3 heterocycles. The van der Waals surface area contributed by atoms with Crippen LogP contribution in [0.1, 0.15) is 45.4 Å². The van der Waals surface area contributed by atoms with Gasteiger partial charge < -0.3 is 24.1 Å². The Bertz CT molecular complexity index is 995. The highest BCUT2D eigenvalue weighted by atomic mass is 16.5. The number of likely N-dealkylation sites (tertiary alicyclic amines) is 1. The van der Waals surface area contributed by atoms with E-state index in [4.69, 9.17) is 14.3 Å². The summed E-state index contributed by atoms with van der Waals surface area (Å²) < 4.78 is 10.5. The molecule has 7 heteroatoms. The first-order valence-corrected chi connectivity index (χ1v) is 8.84. The number of piperidine rings is 1. The molecule has 7 nitrogen and oxygen atoms in total. The van der Waals surface area contributed by atoms with Crippen LogP contribution in [0.4, 0.5) is 0 Å². The molecule has 1 amide bonds. The van der Waals surface area contributed by atoms with Gasteiger partial charge in [-0.05, 0) is 54.7 Å². The quantitative estimate of drug-likeness (QED) is 0.735. The smallest absolute Gasteiger partial charge is 0.371 e. The van der Waals surface area contributed by atoms with Gasteiger partial charge in [0.05, 0.1) is 7.11 Å². The minimum atomic E-state index is -1.18. The number of furan rings is 1. The predicted molar refractivity (Wildman–Crippen MR) is 98.4 cm³/mol. The topological polar surface area (TPSA) is 95.8 Å². The Balaban J connectivity index is 1.47. The van der Waals surface area contributed by atoms with Gasteiger partial charge in [0, 0.05) is 30.2 Å². The van der Waals surface area contributed by atoms with Crippen molar-refractivity contribution in [2.75, 3.05) is 20.2 Å². The lowest BCUT2D eigenvalue weighted by atomic mass is 9.89. The predicted octanol–water partition coefficient (Wildman–Crippen LogP) is 3.49. The summed E-state index contributed by atoms with van der Waals surface area (Å²) in [5.74, 6) is -0.420. The molecule has 1 aliphatic heterocycles. The fraction of sp³-hybridized carbons (Fsp3) is 0.300. The Morgan fingerprint density at radius 1 is 1.19 bits per heavy atom. The molecule has 0 unspecified atom stereocenters. The van der Waals surface area contributed by atoms with Gasteiger partial charge in [0.1, 0.15) is 5.75 Å². The second-order valence-corrected chi connectivity index (χ2v) is 6.69. The van der Waals surface area contributed by atoms with Crippen LogP contribution in [-0.4, -0.2) is 47.1 Å². The maximum absolute atomic E-state index is 12.5. The number of rotatable bonds is 4. The fourth-order valence-corrected chi connectivity index (χ4v) is 3.70. The lowest BCUT2D eigenvalue weighted by Gasteiger charge is -2.31. The monoisotopic (exact) mass is 368 g/mol. The zero-order valence-corrected chi connectivity index (χ0v) is 14.9. The van der Waals surface area contributed by atoms with Crippen molar-refractivity contribution in [3.8, 4) is 5.75 Å². The number of H-pyrrole nitrogens is 1. The molecule has 1 saturated heterocycles. The van der Waals surface area contributed by atoms with Crippen LogP contribution in [0.5, 0.6) is 5.75 Å². The zero-order valence-electron chi connectivity index (χ0n) is 14.9. The third-order valence-corrected chi connectivity index (χ3v) is 5.17. The lowest BCUT2D eigenvalue weighted by molar-refractivity contribution is 0.0639. The van der Waals surface area contributed by atoms with Crippen LogP contribution in [0.15, 0.2) is 40.9 Å². The first kappa shape index (κ1) is 17.2. The van der Waals surface area contributed by atoms with Gasteiger partial charge in [-0.15, -0.1) is 0 Å². The molecule has 140 valence electrons. The van der Waals surface area contributed by atoms with Gasteiger partial charge >= 0.3 is 5.97 Å². The number of aromatic carboxylic acids is 1. The molecule has 4 rings (SSSR count). The van der Waals surface area contributed by atoms with Crippen molar-refractivity contribution in [2.24, 2.45) is 0 Å². The van der Waals surface area contributed by atoms with E-state index < -0.39 is 5.97 Å². The van der Waals surface area contributed by atoms with Crippen LogP contribution < -0.4 is 4.74 Å². The molecule has 2 aromatic heterocycles. The van der Waals surface area contributed by atoms with Gasteiger partial charge in [-0.2, -0.15) is 0 Å². The molecule has 0 radical (unpaired) electrons. The van der Waals surface area contributed by atoms with Gasteiger partial charge in [0.15, 0.2) is 5.76 Å². The Morgan fingerprint density at radius 2 is 1.93 bits per heavy atom. The normalized spacial score (nSPS) is 15.2. The molecular formula is C20H20N2O5. The molecule has 1 fully saturated rings. The molecule has 3 aromatic rings. The van der Waals surface area contributed by atoms with Gasteiger partial charge in [-0.1, -0.05) is 0 Å². The first-order valence-electron chi connectivity index (χ1n) is 8.84. The van der Waals surface area contributed by atoms with Crippen molar-refractivity contribution in [3.05, 3.63) is 53.6 Å². The van der Waals surface area contributed by atoms with Crippen molar-refractivity contribution in [1.82, 2.24) is 9.88 Å². The molecule has 0 saturated carbocycles. The number of ether oxygens (including phenoxy) is 1. The lowest BCUT2D eigenvalue weighted by Crippen LogP contribution is -2.37. The Hall–Kier alpha value is -3.22. The van der Waals surface area contributed by atoms with Crippen molar-refractivity contribution in [3.63, 3.8) is 0 Å². The summed E-state index contributed by atoms with van der Waals surface area (Å²) >= 11 is 0. The number of nitrogens with one attached hydrogen (secondary N) is 1. The number of hydrogen-bond acceptors (Lipinski definition) is 4. The Labute approximate surface area is 155 Å². The molecule has 1 aromatic carbocycles. The van der Waals surface area contributed by atoms with Crippen LogP contribution >= 0.6 is 0 Å². The molecule has 0 aliphatic carbocycles. The highest BCUT2D eigenvalue weighted by Gasteiger charge is 2.28. The van der Waals surface area contributed by atoms with Crippen LogP contribution in [-0.2, 0) is 0 Å². The highest BCUT2D eigenvalue weighted by molar-refractivity contribution is 5.93.